The summed E-state index contributed by atoms with van der Waals surface area (Å²) in [5.74, 6) is -1.24. The molecule has 16 nitrogen and oxygen atoms in total. The molecular weight excluding hydrogens is 1710 g/mol. The van der Waals surface area contributed by atoms with E-state index in [0.717, 1.165) is 171 Å². The Balaban J connectivity index is 0.000000111. The number of carbonyl (C=O) groups excluding carboxylic acids is 8. The van der Waals surface area contributed by atoms with Gasteiger partial charge in [-0.05, 0) is 225 Å². The number of benzene rings is 8. The van der Waals surface area contributed by atoms with E-state index in [0.29, 0.717) is 44.6 Å². The smallest absolute Gasteiger partial charge is 0.263 e. The van der Waals surface area contributed by atoms with E-state index in [4.69, 9.17) is 0 Å². The largest absolute Gasteiger partial charge is 0.283 e. The Bertz CT molecular complexity index is 7040. The van der Waals surface area contributed by atoms with Crippen LogP contribution in [-0.2, 0) is 62.0 Å². The summed E-state index contributed by atoms with van der Waals surface area (Å²) in [6.45, 7) is 21.7. The third-order valence-electron chi connectivity index (χ3n) is 28.7. The summed E-state index contributed by atoms with van der Waals surface area (Å²) in [4.78, 5) is 121. The van der Waals surface area contributed by atoms with Crippen molar-refractivity contribution in [3.8, 4) is 0 Å². The first kappa shape index (κ1) is 88.9. The van der Waals surface area contributed by atoms with Gasteiger partial charge < -0.3 is 0 Å². The normalized spacial score (nSPS) is 19.8. The van der Waals surface area contributed by atoms with Crippen molar-refractivity contribution in [2.45, 2.75) is 170 Å². The van der Waals surface area contributed by atoms with Gasteiger partial charge in [0.2, 0.25) is 0 Å². The molecule has 8 aromatic carbocycles. The molecule has 0 fully saturated rings. The van der Waals surface area contributed by atoms with E-state index in [9.17, 15) is 38.4 Å². The standard InChI is InChI=1S/C40H46N2O2.C32H30N2O2.C26H18N2O2.C24H14N2O2/c1-3-5-7-9-11-13-17-29-19-15-21-31-23-25-41-35(37(29)31)27-33(39(41)43)34-28-36-38-30(18-14-12-10-8-6-4-2)20-16-22-32(38)24-26-42(36)40(34)44;1-31(2,3)23-11-7-9-19-13-15-33-25(27(19)23)17-21(29(33)35)22-18-26-28-20(14-16-34(26)30(22)36)10-8-12-24(28)32(4,5)6;1-15-5-3-7-17-9-11-27-21(23(15)17)13-19(25(27)29)20-14-22-24-16(2)6-4-8-18(24)10-12-28(22)26(20)30;27-23-19(13-21-17-7-3-1-5-15(17)9-11-25(21)23)20-14-22-18-8-4-2-6-16(18)10-12-26(22)24(20)28/h15-16,19-28H,3-14,17-18H2,1-2H3;7-18H,1-6H3;3-14H,1-2H3;1-14H/b34-33+;22-21+;2*20-19+. The minimum atomic E-state index is -0.168. The quantitative estimate of drug-likeness (QED) is 0.0767. The van der Waals surface area contributed by atoms with Crippen LogP contribution in [0.15, 0.2) is 301 Å². The number of hydrogen-bond acceptors (Lipinski definition) is 8. The lowest BCUT2D eigenvalue weighted by molar-refractivity contribution is -0.123. The molecule has 16 aliphatic rings. The maximum atomic E-state index is 13.9. The van der Waals surface area contributed by atoms with Gasteiger partial charge in [-0.1, -0.05) is 277 Å². The molecule has 8 aromatic rings. The maximum Gasteiger partial charge on any atom is 0.263 e. The van der Waals surface area contributed by atoms with Gasteiger partial charge >= 0.3 is 0 Å². The fraction of sp³-hybridized carbons (Fsp3) is 0.213. The molecule has 24 rings (SSSR count). The van der Waals surface area contributed by atoms with Gasteiger partial charge in [-0.25, -0.2) is 0 Å². The van der Waals surface area contributed by atoms with Gasteiger partial charge in [0.05, 0.1) is 90.2 Å². The molecule has 0 atom stereocenters. The van der Waals surface area contributed by atoms with Crippen molar-refractivity contribution in [3.05, 3.63) is 423 Å². The van der Waals surface area contributed by atoms with Gasteiger partial charge in [0.25, 0.3) is 47.3 Å². The van der Waals surface area contributed by atoms with Gasteiger partial charge in [0.1, 0.15) is 0 Å². The van der Waals surface area contributed by atoms with E-state index < -0.39 is 0 Å². The number of nitrogens with zero attached hydrogens (tertiary/aromatic N) is 8. The summed E-state index contributed by atoms with van der Waals surface area (Å²) >= 11 is 0. The Hall–Kier alpha value is -15.7. The molecule has 684 valence electrons. The van der Waals surface area contributed by atoms with E-state index in [-0.39, 0.29) is 58.1 Å². The molecule has 0 bridgehead atoms. The monoisotopic (exact) mass is 1810 g/mol. The number of unbranched alkanes of at least 4 members (excludes halogenated alkanes) is 10. The first-order valence-electron chi connectivity index (χ1n) is 48.6. The molecule has 0 unspecified atom stereocenters. The van der Waals surface area contributed by atoms with E-state index in [1.165, 1.54) is 86.5 Å². The molecule has 0 aromatic heterocycles. The van der Waals surface area contributed by atoms with Crippen LogP contribution in [0, 0.1) is 13.8 Å². The van der Waals surface area contributed by atoms with E-state index >= 15 is 0 Å². The van der Waals surface area contributed by atoms with Gasteiger partial charge in [0, 0.05) is 94.1 Å². The Morgan fingerprint density at radius 3 is 0.732 bits per heavy atom. The topological polar surface area (TPSA) is 162 Å². The van der Waals surface area contributed by atoms with Crippen molar-refractivity contribution >= 4 is 141 Å². The highest BCUT2D eigenvalue weighted by Crippen LogP contribution is 2.52. The third-order valence-corrected chi connectivity index (χ3v) is 28.7. The van der Waals surface area contributed by atoms with Gasteiger partial charge in [0.15, 0.2) is 0 Å². The average molecular weight is 1810 g/mol. The minimum absolute atomic E-state index is 0.0916. The molecule has 0 radical (unpaired) electrons. The van der Waals surface area contributed by atoms with Crippen molar-refractivity contribution in [3.63, 3.8) is 0 Å². The molecular formula is C122H108N8O8. The fourth-order valence-electron chi connectivity index (χ4n) is 21.7. The summed E-state index contributed by atoms with van der Waals surface area (Å²) in [5, 5.41) is 0. The Labute approximate surface area is 806 Å². The third kappa shape index (κ3) is 15.3. The summed E-state index contributed by atoms with van der Waals surface area (Å²) in [6.07, 6.45) is 62.5. The average Bonchev–Trinajstić information content (AvgIpc) is 1.55. The molecule has 0 spiro atoms. The Morgan fingerprint density at radius 2 is 0.435 bits per heavy atom. The molecule has 0 N–H and O–H groups in total. The molecule has 138 heavy (non-hydrogen) atoms. The molecule has 8 amide bonds. The molecule has 16 heteroatoms. The summed E-state index contributed by atoms with van der Waals surface area (Å²) in [7, 11) is 0. The van der Waals surface area contributed by atoms with Crippen molar-refractivity contribution in [1.29, 1.82) is 0 Å². The van der Waals surface area contributed by atoms with Crippen LogP contribution >= 0.6 is 0 Å². The highest BCUT2D eigenvalue weighted by Gasteiger charge is 2.46. The fourth-order valence-corrected chi connectivity index (χ4v) is 21.7. The SMILES string of the molecule is CC(C)(C)c1cccc2c1C1=C/C(=C3/C=C4c5c(cccc5C(C)(C)C)C=CN4C3=O)C(=O)N1C=C2.CCCCCCCCc1cccc2c1C1=C/C(=C3/C=C4c5c(cccc5CCCCCCCC)C=CN4C3=O)C(=O)N1C=C2.Cc1cccc2c1C1=C/C(=C3/C=C4c5c(C)cccc5C=CN4C3=O)C(=O)N1C=C2.O=C1/C(=C2\C=C3c4ccccc4C=CN3C2=O)C=C2c3ccccc3C=CN12. The summed E-state index contributed by atoms with van der Waals surface area (Å²) in [5.41, 5.74) is 34.6. The minimum Gasteiger partial charge on any atom is -0.283 e. The number of fused-ring (bicyclic) bond motifs is 24. The van der Waals surface area contributed by atoms with Crippen LogP contribution in [0.1, 0.15) is 255 Å². The van der Waals surface area contributed by atoms with Crippen molar-refractivity contribution in [2.24, 2.45) is 0 Å². The zero-order valence-electron chi connectivity index (χ0n) is 79.6. The lowest BCUT2D eigenvalue weighted by atomic mass is 9.80. The number of carbonyl (C=O) groups is 8. The molecule has 0 aliphatic carbocycles. The Morgan fingerprint density at radius 1 is 0.217 bits per heavy atom. The predicted molar refractivity (Wildman–Crippen MR) is 552 cm³/mol. The van der Waals surface area contributed by atoms with Crippen molar-refractivity contribution in [2.75, 3.05) is 0 Å². The number of hydrogen-bond donors (Lipinski definition) is 0. The van der Waals surface area contributed by atoms with Gasteiger partial charge in [-0.3, -0.25) is 77.6 Å². The number of aryl methyl sites for hydroxylation is 4. The van der Waals surface area contributed by atoms with Crippen LogP contribution in [0.4, 0.5) is 0 Å². The lowest BCUT2D eigenvalue weighted by Gasteiger charge is -2.29. The van der Waals surface area contributed by atoms with Crippen LogP contribution in [0.3, 0.4) is 0 Å². The van der Waals surface area contributed by atoms with Crippen LogP contribution in [0.25, 0.3) is 94.2 Å². The highest BCUT2D eigenvalue weighted by atomic mass is 16.2. The molecule has 16 heterocycles. The number of rotatable bonds is 14. The zero-order chi connectivity index (χ0) is 95.4. The van der Waals surface area contributed by atoms with E-state index in [2.05, 4.69) is 128 Å². The maximum absolute atomic E-state index is 13.9. The first-order chi connectivity index (χ1) is 66.8. The number of amides is 8. The van der Waals surface area contributed by atoms with Crippen LogP contribution in [0.5, 0.6) is 0 Å². The summed E-state index contributed by atoms with van der Waals surface area (Å²) in [6, 6.07) is 53.5. The van der Waals surface area contributed by atoms with E-state index in [1.807, 2.05) is 221 Å². The lowest BCUT2D eigenvalue weighted by Crippen LogP contribution is -2.27. The van der Waals surface area contributed by atoms with Gasteiger partial charge in [-0.15, -0.1) is 0 Å². The van der Waals surface area contributed by atoms with Crippen LogP contribution < -0.4 is 0 Å². The second-order valence-corrected chi connectivity index (χ2v) is 39.6. The zero-order valence-corrected chi connectivity index (χ0v) is 79.6. The van der Waals surface area contributed by atoms with Crippen molar-refractivity contribution in [1.82, 2.24) is 39.2 Å². The highest BCUT2D eigenvalue weighted by molar-refractivity contribution is 6.25. The Kier molecular flexibility index (Phi) is 22.9. The second kappa shape index (κ2) is 35.5. The summed E-state index contributed by atoms with van der Waals surface area (Å²) < 4.78 is 0. The van der Waals surface area contributed by atoms with Gasteiger partial charge in [-0.2, -0.15) is 0 Å². The van der Waals surface area contributed by atoms with E-state index in [1.54, 1.807) is 64.0 Å². The molecule has 0 saturated carbocycles. The molecule has 0 saturated heterocycles. The van der Waals surface area contributed by atoms with Crippen LogP contribution in [-0.4, -0.2) is 86.5 Å². The predicted octanol–water partition coefficient (Wildman–Crippen LogP) is 25.1. The van der Waals surface area contributed by atoms with Crippen molar-refractivity contribution < 1.29 is 38.4 Å². The van der Waals surface area contributed by atoms with Crippen LogP contribution in [0.2, 0.25) is 0 Å². The molecule has 16 aliphatic heterocycles. The first-order valence-corrected chi connectivity index (χ1v) is 48.6. The second-order valence-electron chi connectivity index (χ2n) is 39.6.